The van der Waals surface area contributed by atoms with Gasteiger partial charge in [0.1, 0.15) is 5.75 Å². The van der Waals surface area contributed by atoms with Crippen LogP contribution < -0.4 is 10.1 Å². The zero-order valence-electron chi connectivity index (χ0n) is 22.8. The molecule has 3 aliphatic rings. The number of aromatic nitrogens is 1. The molecule has 3 fully saturated rings. The molecule has 3 aromatic rings. The lowest BCUT2D eigenvalue weighted by Gasteiger charge is -2.39. The highest BCUT2D eigenvalue weighted by Gasteiger charge is 2.41. The van der Waals surface area contributed by atoms with Gasteiger partial charge in [-0.15, -0.1) is 0 Å². The smallest absolute Gasteiger partial charge is 0.253 e. The number of benzene rings is 2. The quantitative estimate of drug-likeness (QED) is 0.356. The summed E-state index contributed by atoms with van der Waals surface area (Å²) in [5.74, 6) is 1.61. The van der Waals surface area contributed by atoms with Gasteiger partial charge in [-0.2, -0.15) is 0 Å². The second-order valence-electron chi connectivity index (χ2n) is 11.6. The van der Waals surface area contributed by atoms with Gasteiger partial charge in [-0.05, 0) is 69.4 Å². The molecule has 202 valence electrons. The summed E-state index contributed by atoms with van der Waals surface area (Å²) in [4.78, 5) is 16.0. The van der Waals surface area contributed by atoms with E-state index in [-0.39, 0.29) is 5.91 Å². The second kappa shape index (κ2) is 11.1. The van der Waals surface area contributed by atoms with Crippen LogP contribution in [-0.4, -0.2) is 53.8 Å². The normalized spacial score (nSPS) is 23.2. The molecular formula is C32H41N3O3. The molecule has 3 atom stereocenters. The summed E-state index contributed by atoms with van der Waals surface area (Å²) in [6, 6.07) is 15.6. The summed E-state index contributed by atoms with van der Waals surface area (Å²) in [7, 11) is 1.71. The fourth-order valence-corrected chi connectivity index (χ4v) is 6.65. The number of para-hydroxylation sites is 1. The summed E-state index contributed by atoms with van der Waals surface area (Å²) in [5.41, 5.74) is 4.02. The third kappa shape index (κ3) is 5.48. The summed E-state index contributed by atoms with van der Waals surface area (Å²) >= 11 is 0. The zero-order chi connectivity index (χ0) is 26.1. The number of carbonyl (C=O) groups excluding carboxylic acids is 1. The maximum atomic E-state index is 13.3. The van der Waals surface area contributed by atoms with Gasteiger partial charge in [-0.3, -0.25) is 9.69 Å². The van der Waals surface area contributed by atoms with E-state index in [4.69, 9.17) is 9.47 Å². The van der Waals surface area contributed by atoms with E-state index in [1.165, 1.54) is 44.1 Å². The first-order valence-electron chi connectivity index (χ1n) is 14.5. The summed E-state index contributed by atoms with van der Waals surface area (Å²) < 4.78 is 14.2. The van der Waals surface area contributed by atoms with Crippen LogP contribution in [-0.2, 0) is 17.8 Å². The number of amides is 1. The maximum Gasteiger partial charge on any atom is 0.253 e. The SMILES string of the molecule is COc1cccc2c(C(=O)NCc3cccc(C)c3)cn(CCCN3[C@@H]4CC[C@H]3C[C@@H](OCC3CC3)C4)c12. The van der Waals surface area contributed by atoms with E-state index in [1.807, 2.05) is 30.5 Å². The molecule has 1 aliphatic carbocycles. The van der Waals surface area contributed by atoms with Crippen molar-refractivity contribution >= 4 is 16.8 Å². The molecule has 0 unspecified atom stereocenters. The topological polar surface area (TPSA) is 55.7 Å². The molecule has 0 radical (unpaired) electrons. The van der Waals surface area contributed by atoms with Crippen LogP contribution in [0, 0.1) is 12.8 Å². The third-order valence-electron chi connectivity index (χ3n) is 8.78. The Morgan fingerprint density at radius 2 is 1.82 bits per heavy atom. The third-order valence-corrected chi connectivity index (χ3v) is 8.78. The van der Waals surface area contributed by atoms with Crippen molar-refractivity contribution in [2.75, 3.05) is 20.3 Å². The first kappa shape index (κ1) is 25.4. The van der Waals surface area contributed by atoms with Crippen LogP contribution in [0.3, 0.4) is 0 Å². The van der Waals surface area contributed by atoms with E-state index in [2.05, 4.69) is 39.9 Å². The molecule has 1 aromatic heterocycles. The van der Waals surface area contributed by atoms with Crippen LogP contribution in [0.4, 0.5) is 0 Å². The predicted octanol–water partition coefficient (Wildman–Crippen LogP) is 5.70. The zero-order valence-corrected chi connectivity index (χ0v) is 22.8. The van der Waals surface area contributed by atoms with Crippen molar-refractivity contribution in [2.45, 2.75) is 83.1 Å². The van der Waals surface area contributed by atoms with E-state index < -0.39 is 0 Å². The number of hydrogen-bond acceptors (Lipinski definition) is 4. The molecule has 2 saturated heterocycles. The molecule has 2 bridgehead atoms. The number of hydrogen-bond donors (Lipinski definition) is 1. The summed E-state index contributed by atoms with van der Waals surface area (Å²) in [6.07, 6.45) is 11.2. The van der Waals surface area contributed by atoms with Crippen molar-refractivity contribution in [3.8, 4) is 5.75 Å². The average molecular weight is 516 g/mol. The second-order valence-corrected chi connectivity index (χ2v) is 11.6. The van der Waals surface area contributed by atoms with E-state index >= 15 is 0 Å². The molecule has 0 spiro atoms. The van der Waals surface area contributed by atoms with Crippen LogP contribution in [0.15, 0.2) is 48.7 Å². The monoisotopic (exact) mass is 515 g/mol. The van der Waals surface area contributed by atoms with Crippen molar-refractivity contribution in [1.82, 2.24) is 14.8 Å². The van der Waals surface area contributed by atoms with Gasteiger partial charge in [-0.1, -0.05) is 42.0 Å². The maximum absolute atomic E-state index is 13.3. The molecule has 1 saturated carbocycles. The van der Waals surface area contributed by atoms with Crippen molar-refractivity contribution in [1.29, 1.82) is 0 Å². The Morgan fingerprint density at radius 3 is 2.55 bits per heavy atom. The Morgan fingerprint density at radius 1 is 1.03 bits per heavy atom. The number of methoxy groups -OCH3 is 1. The van der Waals surface area contributed by atoms with Crippen LogP contribution in [0.2, 0.25) is 0 Å². The van der Waals surface area contributed by atoms with E-state index in [0.717, 1.165) is 54.3 Å². The molecule has 1 N–H and O–H groups in total. The highest BCUT2D eigenvalue weighted by Crippen LogP contribution is 2.38. The number of fused-ring (bicyclic) bond motifs is 3. The standard InChI is InChI=1S/C32H41N3O3/c1-22-6-3-7-24(16-22)19-33-32(36)29-20-34(31-28(29)8-4-9-30(31)37-2)14-5-15-35-25-12-13-26(35)18-27(17-25)38-21-23-10-11-23/h3-4,6-9,16,20,23,25-27H,5,10-15,17-19,21H2,1-2H3,(H,33,36)/t25-,26+,27+. The van der Waals surface area contributed by atoms with Gasteiger partial charge in [-0.25, -0.2) is 0 Å². The molecule has 2 aliphatic heterocycles. The first-order valence-corrected chi connectivity index (χ1v) is 14.5. The molecule has 6 rings (SSSR count). The van der Waals surface area contributed by atoms with Gasteiger partial charge in [0.25, 0.3) is 5.91 Å². The van der Waals surface area contributed by atoms with E-state index in [0.29, 0.717) is 30.3 Å². The van der Waals surface area contributed by atoms with Crippen LogP contribution in [0.1, 0.15) is 66.4 Å². The minimum absolute atomic E-state index is 0.0465. The van der Waals surface area contributed by atoms with Gasteiger partial charge >= 0.3 is 0 Å². The fourth-order valence-electron chi connectivity index (χ4n) is 6.65. The van der Waals surface area contributed by atoms with Crippen molar-refractivity contribution in [3.63, 3.8) is 0 Å². The number of nitrogens with one attached hydrogen (secondary N) is 1. The number of aryl methyl sites for hydroxylation is 2. The summed E-state index contributed by atoms with van der Waals surface area (Å²) in [6.45, 7) is 5.52. The molecule has 2 aromatic carbocycles. The minimum atomic E-state index is -0.0465. The number of nitrogens with zero attached hydrogens (tertiary/aromatic N) is 2. The van der Waals surface area contributed by atoms with Crippen molar-refractivity contribution in [3.05, 3.63) is 65.4 Å². The van der Waals surface area contributed by atoms with Crippen LogP contribution in [0.25, 0.3) is 10.9 Å². The summed E-state index contributed by atoms with van der Waals surface area (Å²) in [5, 5.41) is 4.07. The number of ether oxygens (including phenoxy) is 2. The number of rotatable bonds is 11. The van der Waals surface area contributed by atoms with Crippen LogP contribution in [0.5, 0.6) is 5.75 Å². The number of carbonyl (C=O) groups is 1. The fraction of sp³-hybridized carbons (Fsp3) is 0.531. The molecule has 3 heterocycles. The Kier molecular flexibility index (Phi) is 7.44. The highest BCUT2D eigenvalue weighted by molar-refractivity contribution is 6.08. The minimum Gasteiger partial charge on any atom is -0.495 e. The van der Waals surface area contributed by atoms with Crippen LogP contribution >= 0.6 is 0 Å². The Balaban J connectivity index is 1.11. The molecule has 6 nitrogen and oxygen atoms in total. The van der Waals surface area contributed by atoms with Gasteiger partial charge in [0.05, 0.1) is 24.3 Å². The largest absolute Gasteiger partial charge is 0.495 e. The highest BCUT2D eigenvalue weighted by atomic mass is 16.5. The molecule has 6 heteroatoms. The van der Waals surface area contributed by atoms with E-state index in [1.54, 1.807) is 7.11 Å². The van der Waals surface area contributed by atoms with Gasteiger partial charge in [0, 0.05) is 49.9 Å². The Hall–Kier alpha value is -2.83. The lowest BCUT2D eigenvalue weighted by atomic mass is 9.99. The van der Waals surface area contributed by atoms with Gasteiger partial charge < -0.3 is 19.4 Å². The predicted molar refractivity (Wildman–Crippen MR) is 151 cm³/mol. The first-order chi connectivity index (χ1) is 18.6. The molecular weight excluding hydrogens is 474 g/mol. The lowest BCUT2D eigenvalue weighted by Crippen LogP contribution is -2.46. The van der Waals surface area contributed by atoms with Gasteiger partial charge in [0.15, 0.2) is 0 Å². The molecule has 1 amide bonds. The Labute approximate surface area is 226 Å². The Bertz CT molecular complexity index is 1270. The average Bonchev–Trinajstić information content (AvgIpc) is 3.64. The van der Waals surface area contributed by atoms with Gasteiger partial charge in [0.2, 0.25) is 0 Å². The van der Waals surface area contributed by atoms with Crippen molar-refractivity contribution in [2.24, 2.45) is 5.92 Å². The van der Waals surface area contributed by atoms with E-state index in [9.17, 15) is 4.79 Å². The number of piperidine rings is 1. The molecule has 38 heavy (non-hydrogen) atoms. The van der Waals surface area contributed by atoms with Crippen molar-refractivity contribution < 1.29 is 14.3 Å². The lowest BCUT2D eigenvalue weighted by molar-refractivity contribution is -0.0241.